The van der Waals surface area contributed by atoms with Crippen LogP contribution in [-0.2, 0) is 11.0 Å². The number of nitrogens with zero attached hydrogens (tertiary/aromatic N) is 2. The van der Waals surface area contributed by atoms with Crippen LogP contribution in [0.5, 0.6) is 0 Å². The Kier molecular flexibility index (Phi) is 2.54. The molecule has 0 unspecified atom stereocenters. The van der Waals surface area contributed by atoms with E-state index in [1.54, 1.807) is 0 Å². The zero-order chi connectivity index (χ0) is 10.8. The first-order chi connectivity index (χ1) is 6.39. The number of hydrogen-bond acceptors (Lipinski definition) is 4. The van der Waals surface area contributed by atoms with E-state index in [-0.39, 0.29) is 0 Å². The van der Waals surface area contributed by atoms with Crippen LogP contribution in [-0.4, -0.2) is 21.3 Å². The molecule has 0 bridgehead atoms. The topological polar surface area (TPSA) is 76.2 Å². The molecule has 5 nitrogen and oxygen atoms in total. The predicted octanol–water partition coefficient (Wildman–Crippen LogP) is 1.19. The molecule has 0 atom stereocenters. The fourth-order valence-corrected chi connectivity index (χ4v) is 0.559. The van der Waals surface area contributed by atoms with Crippen LogP contribution in [0.15, 0.2) is 10.5 Å². The Morgan fingerprint density at radius 2 is 2.07 bits per heavy atom. The molecule has 0 radical (unpaired) electrons. The molecule has 1 aromatic heterocycles. The molecule has 0 aliphatic rings. The van der Waals surface area contributed by atoms with Crippen LogP contribution in [0.2, 0.25) is 0 Å². The molecule has 1 aromatic rings. The minimum Gasteiger partial charge on any atom is -0.478 e. The third-order valence-corrected chi connectivity index (χ3v) is 1.05. The van der Waals surface area contributed by atoms with Gasteiger partial charge in [0.05, 0.1) is 0 Å². The maximum absolute atomic E-state index is 11.9. The van der Waals surface area contributed by atoms with Gasteiger partial charge in [-0.05, 0) is 0 Å². The molecular weight excluding hydrogens is 205 g/mol. The molecule has 8 heteroatoms. The summed E-state index contributed by atoms with van der Waals surface area (Å²) in [4.78, 5) is 9.98. The maximum Gasteiger partial charge on any atom is 0.470 e. The monoisotopic (exact) mass is 208 g/mol. The molecule has 0 fully saturated rings. The molecule has 0 saturated carbocycles. The average Bonchev–Trinajstić information content (AvgIpc) is 2.47. The number of hydrogen-bond donors (Lipinski definition) is 1. The number of carbonyl (C=O) groups is 1. The molecule has 1 heterocycles. The first-order valence-corrected chi connectivity index (χ1v) is 3.21. The fourth-order valence-electron chi connectivity index (χ4n) is 0.559. The Hall–Kier alpha value is -1.86. The largest absolute Gasteiger partial charge is 0.478 e. The number of rotatable bonds is 2. The molecule has 76 valence electrons. The molecule has 0 spiro atoms. The third-order valence-electron chi connectivity index (χ3n) is 1.05. The lowest BCUT2D eigenvalue weighted by Gasteiger charge is -1.96. The van der Waals surface area contributed by atoms with Gasteiger partial charge in [0.25, 0.3) is 0 Å². The van der Waals surface area contributed by atoms with Gasteiger partial charge in [0.2, 0.25) is 5.89 Å². The third kappa shape index (κ3) is 2.57. The highest BCUT2D eigenvalue weighted by molar-refractivity contribution is 5.84. The van der Waals surface area contributed by atoms with E-state index < -0.39 is 23.9 Å². The van der Waals surface area contributed by atoms with Gasteiger partial charge in [-0.1, -0.05) is 0 Å². The SMILES string of the molecule is O=C(O)/C=C/c1nnc(C(F)(F)F)o1. The minimum atomic E-state index is -4.72. The molecular formula is C6H3F3N2O3. The van der Waals surface area contributed by atoms with E-state index in [2.05, 4.69) is 14.6 Å². The lowest BCUT2D eigenvalue weighted by atomic mass is 10.5. The Labute approximate surface area is 74.9 Å². The maximum atomic E-state index is 11.9. The van der Waals surface area contributed by atoms with Crippen molar-refractivity contribution < 1.29 is 27.5 Å². The van der Waals surface area contributed by atoms with Gasteiger partial charge < -0.3 is 9.52 Å². The van der Waals surface area contributed by atoms with Gasteiger partial charge in [-0.3, -0.25) is 0 Å². The van der Waals surface area contributed by atoms with Gasteiger partial charge in [-0.25, -0.2) is 4.79 Å². The smallest absolute Gasteiger partial charge is 0.470 e. The summed E-state index contributed by atoms with van der Waals surface area (Å²) in [5, 5.41) is 13.8. The zero-order valence-corrected chi connectivity index (χ0v) is 6.45. The van der Waals surface area contributed by atoms with Crippen molar-refractivity contribution in [3.05, 3.63) is 17.9 Å². The summed E-state index contributed by atoms with van der Waals surface area (Å²) in [5.74, 6) is -3.35. The molecule has 0 saturated heterocycles. The van der Waals surface area contributed by atoms with Gasteiger partial charge in [-0.15, -0.1) is 10.2 Å². The molecule has 0 aliphatic carbocycles. The number of aromatic nitrogens is 2. The van der Waals surface area contributed by atoms with E-state index in [4.69, 9.17) is 5.11 Å². The average molecular weight is 208 g/mol. The lowest BCUT2D eigenvalue weighted by Crippen LogP contribution is -2.04. The highest BCUT2D eigenvalue weighted by Crippen LogP contribution is 2.27. The molecule has 0 aromatic carbocycles. The first-order valence-electron chi connectivity index (χ1n) is 3.21. The van der Waals surface area contributed by atoms with Crippen molar-refractivity contribution in [2.75, 3.05) is 0 Å². The standard InChI is InChI=1S/C6H3F3N2O3/c7-6(8,9)5-11-10-3(14-5)1-2-4(12)13/h1-2H,(H,12,13)/b2-1+. The Bertz CT molecular complexity index is 369. The second-order valence-corrected chi connectivity index (χ2v) is 2.11. The number of alkyl halides is 3. The zero-order valence-electron chi connectivity index (χ0n) is 6.45. The highest BCUT2D eigenvalue weighted by Gasteiger charge is 2.37. The molecule has 1 N–H and O–H groups in total. The normalized spacial score (nSPS) is 12.2. The Morgan fingerprint density at radius 3 is 2.50 bits per heavy atom. The van der Waals surface area contributed by atoms with Gasteiger partial charge in [0, 0.05) is 12.2 Å². The highest BCUT2D eigenvalue weighted by atomic mass is 19.4. The van der Waals surface area contributed by atoms with Crippen LogP contribution in [0.3, 0.4) is 0 Å². The Morgan fingerprint density at radius 1 is 1.43 bits per heavy atom. The van der Waals surface area contributed by atoms with Crippen molar-refractivity contribution in [1.29, 1.82) is 0 Å². The van der Waals surface area contributed by atoms with E-state index in [0.717, 1.165) is 6.08 Å². The Balaban J connectivity index is 2.84. The van der Waals surface area contributed by atoms with Crippen LogP contribution < -0.4 is 0 Å². The lowest BCUT2D eigenvalue weighted by molar-refractivity contribution is -0.157. The van der Waals surface area contributed by atoms with Crippen LogP contribution in [0.1, 0.15) is 11.8 Å². The van der Waals surface area contributed by atoms with E-state index in [1.807, 2.05) is 0 Å². The number of aliphatic carboxylic acids is 1. The first kappa shape index (κ1) is 10.2. The van der Waals surface area contributed by atoms with E-state index >= 15 is 0 Å². The van der Waals surface area contributed by atoms with E-state index in [0.29, 0.717) is 6.08 Å². The van der Waals surface area contributed by atoms with Crippen molar-refractivity contribution in [3.8, 4) is 0 Å². The van der Waals surface area contributed by atoms with Crippen molar-refractivity contribution >= 4 is 12.0 Å². The van der Waals surface area contributed by atoms with Crippen LogP contribution in [0, 0.1) is 0 Å². The molecule has 0 amide bonds. The van der Waals surface area contributed by atoms with Crippen molar-refractivity contribution in [2.24, 2.45) is 0 Å². The molecule has 1 rings (SSSR count). The summed E-state index contributed by atoms with van der Waals surface area (Å²) < 4.78 is 39.7. The second kappa shape index (κ2) is 3.48. The number of carboxylic acid groups (broad SMARTS) is 1. The summed E-state index contributed by atoms with van der Waals surface area (Å²) in [5.41, 5.74) is 0. The minimum absolute atomic E-state index is 0.514. The van der Waals surface area contributed by atoms with Gasteiger partial charge in [0.15, 0.2) is 0 Å². The summed E-state index contributed by atoms with van der Waals surface area (Å²) in [7, 11) is 0. The van der Waals surface area contributed by atoms with Crippen LogP contribution >= 0.6 is 0 Å². The molecule has 14 heavy (non-hydrogen) atoms. The molecule has 0 aliphatic heterocycles. The summed E-state index contributed by atoms with van der Waals surface area (Å²) in [6.07, 6.45) is -3.36. The van der Waals surface area contributed by atoms with Gasteiger partial charge >= 0.3 is 18.0 Å². The van der Waals surface area contributed by atoms with Crippen LogP contribution in [0.25, 0.3) is 6.08 Å². The van der Waals surface area contributed by atoms with E-state index in [1.165, 1.54) is 0 Å². The van der Waals surface area contributed by atoms with Crippen molar-refractivity contribution in [1.82, 2.24) is 10.2 Å². The van der Waals surface area contributed by atoms with Gasteiger partial charge in [-0.2, -0.15) is 13.2 Å². The van der Waals surface area contributed by atoms with E-state index in [9.17, 15) is 18.0 Å². The van der Waals surface area contributed by atoms with Crippen LogP contribution in [0.4, 0.5) is 13.2 Å². The number of halogens is 3. The van der Waals surface area contributed by atoms with Crippen molar-refractivity contribution in [3.63, 3.8) is 0 Å². The predicted molar refractivity (Wildman–Crippen MR) is 36.0 cm³/mol. The fraction of sp³-hybridized carbons (Fsp3) is 0.167. The second-order valence-electron chi connectivity index (χ2n) is 2.11. The van der Waals surface area contributed by atoms with Gasteiger partial charge in [0.1, 0.15) is 0 Å². The quantitative estimate of drug-likeness (QED) is 0.738. The summed E-state index contributed by atoms with van der Waals surface area (Å²) in [6.45, 7) is 0. The summed E-state index contributed by atoms with van der Waals surface area (Å²) >= 11 is 0. The summed E-state index contributed by atoms with van der Waals surface area (Å²) in [6, 6.07) is 0. The number of carboxylic acids is 1. The van der Waals surface area contributed by atoms with Crippen molar-refractivity contribution in [2.45, 2.75) is 6.18 Å².